The number of hydrogen-bond donors (Lipinski definition) is 4. The summed E-state index contributed by atoms with van der Waals surface area (Å²) in [5, 5.41) is 17.3. The molecule has 1 aromatic heterocycles. The highest BCUT2D eigenvalue weighted by molar-refractivity contribution is 5.83. The Balaban J connectivity index is 1.55. The number of aromatic amines is 1. The van der Waals surface area contributed by atoms with Gasteiger partial charge in [0.2, 0.25) is 0 Å². The lowest BCUT2D eigenvalue weighted by molar-refractivity contribution is -0.137. The summed E-state index contributed by atoms with van der Waals surface area (Å²) in [5.41, 5.74) is 3.31. The van der Waals surface area contributed by atoms with Crippen LogP contribution in [0.25, 0.3) is 10.9 Å². The van der Waals surface area contributed by atoms with E-state index in [1.807, 2.05) is 48.7 Å². The minimum Gasteiger partial charge on any atom is -0.496 e. The second-order valence-electron chi connectivity index (χ2n) is 7.23. The van der Waals surface area contributed by atoms with Crippen molar-refractivity contribution in [2.75, 3.05) is 20.2 Å². The molecule has 0 aliphatic rings. The van der Waals surface area contributed by atoms with Crippen LogP contribution in [0.1, 0.15) is 30.5 Å². The van der Waals surface area contributed by atoms with Gasteiger partial charge in [-0.3, -0.25) is 4.79 Å². The highest BCUT2D eigenvalue weighted by atomic mass is 16.5. The maximum Gasteiger partial charge on any atom is 0.304 e. The quantitative estimate of drug-likeness (QED) is 0.373. The molecule has 1 heterocycles. The fourth-order valence-corrected chi connectivity index (χ4v) is 3.69. The van der Waals surface area contributed by atoms with Crippen LogP contribution in [0.15, 0.2) is 54.7 Å². The number of ether oxygens (including phenoxy) is 1. The zero-order valence-electron chi connectivity index (χ0n) is 16.9. The van der Waals surface area contributed by atoms with Gasteiger partial charge in [-0.2, -0.15) is 0 Å². The SMILES string of the molecule is COc1ccccc1C(C)NCCN[C@H](CC(=O)O)Cc1c[nH]c2ccccc12. The van der Waals surface area contributed by atoms with Crippen LogP contribution in [0.3, 0.4) is 0 Å². The molecule has 0 saturated heterocycles. The van der Waals surface area contributed by atoms with E-state index < -0.39 is 5.97 Å². The van der Waals surface area contributed by atoms with Gasteiger partial charge in [0.1, 0.15) is 5.75 Å². The number of aliphatic carboxylic acids is 1. The summed E-state index contributed by atoms with van der Waals surface area (Å²) in [5.74, 6) is 0.0706. The zero-order chi connectivity index (χ0) is 20.6. The van der Waals surface area contributed by atoms with Crippen LogP contribution >= 0.6 is 0 Å². The van der Waals surface area contributed by atoms with Crippen LogP contribution in [0.4, 0.5) is 0 Å². The molecular formula is C23H29N3O3. The van der Waals surface area contributed by atoms with Crippen molar-refractivity contribution in [3.05, 3.63) is 65.9 Å². The molecule has 2 atom stereocenters. The van der Waals surface area contributed by atoms with Gasteiger partial charge >= 0.3 is 5.97 Å². The van der Waals surface area contributed by atoms with Crippen molar-refractivity contribution in [1.82, 2.24) is 15.6 Å². The molecule has 29 heavy (non-hydrogen) atoms. The van der Waals surface area contributed by atoms with E-state index in [-0.39, 0.29) is 18.5 Å². The van der Waals surface area contributed by atoms with E-state index in [9.17, 15) is 9.90 Å². The molecule has 3 aromatic rings. The molecule has 4 N–H and O–H groups in total. The van der Waals surface area contributed by atoms with E-state index in [0.29, 0.717) is 13.0 Å². The Morgan fingerprint density at radius 2 is 1.83 bits per heavy atom. The van der Waals surface area contributed by atoms with Crippen molar-refractivity contribution in [3.63, 3.8) is 0 Å². The largest absolute Gasteiger partial charge is 0.496 e. The van der Waals surface area contributed by atoms with Crippen LogP contribution in [0, 0.1) is 0 Å². The molecular weight excluding hydrogens is 366 g/mol. The minimum absolute atomic E-state index is 0.0849. The summed E-state index contributed by atoms with van der Waals surface area (Å²) < 4.78 is 5.42. The third-order valence-corrected chi connectivity index (χ3v) is 5.18. The van der Waals surface area contributed by atoms with Gasteiger partial charge in [0.15, 0.2) is 0 Å². The number of benzene rings is 2. The van der Waals surface area contributed by atoms with Crippen LogP contribution in [0.5, 0.6) is 5.75 Å². The molecule has 2 aromatic carbocycles. The van der Waals surface area contributed by atoms with Crippen LogP contribution < -0.4 is 15.4 Å². The Morgan fingerprint density at radius 3 is 2.62 bits per heavy atom. The standard InChI is InChI=1S/C23H29N3O3/c1-16(19-7-4-6-10-22(19)29-2)24-11-12-25-18(14-23(27)28)13-17-15-26-21-9-5-3-8-20(17)21/h3-10,15-16,18,24-26H,11-14H2,1-2H3,(H,27,28)/t16?,18-/m0/s1. The van der Waals surface area contributed by atoms with Crippen molar-refractivity contribution in [2.45, 2.75) is 31.8 Å². The van der Waals surface area contributed by atoms with Gasteiger partial charge in [0.05, 0.1) is 13.5 Å². The van der Waals surface area contributed by atoms with Gasteiger partial charge in [-0.05, 0) is 31.0 Å². The number of aromatic nitrogens is 1. The number of H-pyrrole nitrogens is 1. The first-order valence-corrected chi connectivity index (χ1v) is 9.95. The number of nitrogens with one attached hydrogen (secondary N) is 3. The number of carboxylic acids is 1. The smallest absolute Gasteiger partial charge is 0.304 e. The van der Waals surface area contributed by atoms with Crippen molar-refractivity contribution < 1.29 is 14.6 Å². The first-order valence-electron chi connectivity index (χ1n) is 9.95. The predicted octanol–water partition coefficient (Wildman–Crippen LogP) is 3.50. The van der Waals surface area contributed by atoms with Gasteiger partial charge in [-0.15, -0.1) is 0 Å². The topological polar surface area (TPSA) is 86.4 Å². The first kappa shape index (κ1) is 20.9. The van der Waals surface area contributed by atoms with E-state index in [1.54, 1.807) is 7.11 Å². The van der Waals surface area contributed by atoms with Gasteiger partial charge in [-0.1, -0.05) is 36.4 Å². The van der Waals surface area contributed by atoms with Crippen molar-refractivity contribution in [1.29, 1.82) is 0 Å². The lowest BCUT2D eigenvalue weighted by atomic mass is 10.0. The van der Waals surface area contributed by atoms with E-state index in [1.165, 1.54) is 0 Å². The summed E-state index contributed by atoms with van der Waals surface area (Å²) in [7, 11) is 1.67. The first-order chi connectivity index (χ1) is 14.1. The maximum absolute atomic E-state index is 11.3. The molecule has 0 saturated carbocycles. The highest BCUT2D eigenvalue weighted by Gasteiger charge is 2.16. The van der Waals surface area contributed by atoms with Crippen molar-refractivity contribution in [3.8, 4) is 5.75 Å². The second kappa shape index (κ2) is 10.1. The van der Waals surface area contributed by atoms with Crippen LogP contribution in [0.2, 0.25) is 0 Å². The molecule has 1 unspecified atom stereocenters. The normalized spacial score (nSPS) is 13.3. The Kier molecular flexibility index (Phi) is 7.27. The Hall–Kier alpha value is -2.83. The molecule has 0 aliphatic carbocycles. The van der Waals surface area contributed by atoms with E-state index >= 15 is 0 Å². The second-order valence-corrected chi connectivity index (χ2v) is 7.23. The molecule has 0 amide bonds. The van der Waals surface area contributed by atoms with E-state index in [2.05, 4.69) is 28.6 Å². The highest BCUT2D eigenvalue weighted by Crippen LogP contribution is 2.24. The van der Waals surface area contributed by atoms with Gasteiger partial charge in [-0.25, -0.2) is 0 Å². The van der Waals surface area contributed by atoms with Gasteiger partial charge < -0.3 is 25.5 Å². The molecule has 3 rings (SSSR count). The number of carboxylic acid groups (broad SMARTS) is 1. The fraction of sp³-hybridized carbons (Fsp3) is 0.348. The average molecular weight is 396 g/mol. The Morgan fingerprint density at radius 1 is 1.10 bits per heavy atom. The molecule has 0 radical (unpaired) electrons. The van der Waals surface area contributed by atoms with Crippen molar-refractivity contribution >= 4 is 16.9 Å². The number of para-hydroxylation sites is 2. The molecule has 0 fully saturated rings. The number of fused-ring (bicyclic) bond motifs is 1. The number of hydrogen-bond acceptors (Lipinski definition) is 4. The molecule has 0 bridgehead atoms. The lowest BCUT2D eigenvalue weighted by Gasteiger charge is -2.20. The molecule has 6 nitrogen and oxygen atoms in total. The minimum atomic E-state index is -0.794. The summed E-state index contributed by atoms with van der Waals surface area (Å²) in [6.07, 6.45) is 2.73. The lowest BCUT2D eigenvalue weighted by Crippen LogP contribution is -2.38. The van der Waals surface area contributed by atoms with Crippen LogP contribution in [-0.2, 0) is 11.2 Å². The predicted molar refractivity (Wildman–Crippen MR) is 115 cm³/mol. The Bertz CT molecular complexity index is 938. The molecule has 0 spiro atoms. The zero-order valence-corrected chi connectivity index (χ0v) is 16.9. The third kappa shape index (κ3) is 5.59. The molecule has 0 aliphatic heterocycles. The van der Waals surface area contributed by atoms with E-state index in [4.69, 9.17) is 4.74 Å². The van der Waals surface area contributed by atoms with Gasteiger partial charge in [0, 0.05) is 47.8 Å². The number of carbonyl (C=O) groups is 1. The number of rotatable bonds is 11. The fourth-order valence-electron chi connectivity index (χ4n) is 3.69. The van der Waals surface area contributed by atoms with Gasteiger partial charge in [0.25, 0.3) is 0 Å². The molecule has 154 valence electrons. The van der Waals surface area contributed by atoms with Crippen LogP contribution in [-0.4, -0.2) is 42.3 Å². The molecule has 6 heteroatoms. The Labute approximate surface area is 171 Å². The maximum atomic E-state index is 11.3. The summed E-state index contributed by atoms with van der Waals surface area (Å²) in [6.45, 7) is 3.50. The summed E-state index contributed by atoms with van der Waals surface area (Å²) in [4.78, 5) is 14.6. The van der Waals surface area contributed by atoms with Crippen molar-refractivity contribution in [2.24, 2.45) is 0 Å². The van der Waals surface area contributed by atoms with E-state index in [0.717, 1.165) is 34.3 Å². The summed E-state index contributed by atoms with van der Waals surface area (Å²) >= 11 is 0. The summed E-state index contributed by atoms with van der Waals surface area (Å²) in [6, 6.07) is 16.1. The average Bonchev–Trinajstić information content (AvgIpc) is 3.13. The third-order valence-electron chi connectivity index (χ3n) is 5.18. The number of methoxy groups -OCH3 is 1. The monoisotopic (exact) mass is 395 g/mol.